The molecule has 0 saturated carbocycles. The summed E-state index contributed by atoms with van der Waals surface area (Å²) in [6, 6.07) is 3.28. The van der Waals surface area contributed by atoms with Crippen molar-refractivity contribution in [3.05, 3.63) is 52.5 Å². The van der Waals surface area contributed by atoms with Gasteiger partial charge in [-0.1, -0.05) is 6.92 Å². The zero-order valence-corrected chi connectivity index (χ0v) is 15.0. The van der Waals surface area contributed by atoms with E-state index in [0.29, 0.717) is 23.6 Å². The second-order valence-electron chi connectivity index (χ2n) is 6.34. The highest BCUT2D eigenvalue weighted by atomic mass is 16.5. The Hall–Kier alpha value is -2.96. The maximum absolute atomic E-state index is 12.7. The van der Waals surface area contributed by atoms with Gasteiger partial charge in [-0.15, -0.1) is 0 Å². The van der Waals surface area contributed by atoms with Gasteiger partial charge in [0, 0.05) is 35.6 Å². The number of hydrogen-bond acceptors (Lipinski definition) is 5. The smallest absolute Gasteiger partial charge is 0.354 e. The van der Waals surface area contributed by atoms with E-state index in [2.05, 4.69) is 9.97 Å². The first-order valence-electron chi connectivity index (χ1n) is 8.55. The Kier molecular flexibility index (Phi) is 4.88. The fourth-order valence-corrected chi connectivity index (χ4v) is 3.09. The van der Waals surface area contributed by atoms with E-state index in [1.54, 1.807) is 17.2 Å². The highest BCUT2D eigenvalue weighted by Gasteiger charge is 2.35. The zero-order valence-electron chi connectivity index (χ0n) is 15.0. The van der Waals surface area contributed by atoms with Gasteiger partial charge in [-0.25, -0.2) is 14.8 Å². The Morgan fingerprint density at radius 3 is 2.85 bits per heavy atom. The lowest BCUT2D eigenvalue weighted by atomic mass is 10.1. The van der Waals surface area contributed by atoms with Gasteiger partial charge in [-0.2, -0.15) is 0 Å². The van der Waals surface area contributed by atoms with Gasteiger partial charge < -0.3 is 14.7 Å². The predicted octanol–water partition coefficient (Wildman–Crippen LogP) is 2.99. The second kappa shape index (κ2) is 7.11. The first kappa shape index (κ1) is 17.8. The highest BCUT2D eigenvalue weighted by molar-refractivity contribution is 6.01. The van der Waals surface area contributed by atoms with Crippen molar-refractivity contribution in [2.24, 2.45) is 0 Å². The summed E-state index contributed by atoms with van der Waals surface area (Å²) in [5, 5.41) is 9.30. The number of carboxylic acids is 1. The number of pyridine rings is 2. The van der Waals surface area contributed by atoms with Crippen LogP contribution in [0, 0.1) is 6.92 Å². The lowest BCUT2D eigenvalue weighted by molar-refractivity contribution is 0.0678. The molecule has 136 valence electrons. The van der Waals surface area contributed by atoms with Crippen LogP contribution in [-0.4, -0.2) is 38.5 Å². The molecule has 1 amide bonds. The normalized spacial score (nSPS) is 14.3. The fraction of sp³-hybridized carbons (Fsp3) is 0.368. The number of aromatic nitrogens is 2. The minimum atomic E-state index is -1.13. The molecule has 1 N–H and O–H groups in total. The molecule has 2 aromatic rings. The summed E-state index contributed by atoms with van der Waals surface area (Å²) in [6.07, 6.45) is 3.97. The number of nitrogens with zero attached hydrogens (tertiary/aromatic N) is 3. The molecule has 7 heteroatoms. The van der Waals surface area contributed by atoms with Crippen molar-refractivity contribution in [3.8, 4) is 5.88 Å². The number of carboxylic acid groups (broad SMARTS) is 1. The van der Waals surface area contributed by atoms with Gasteiger partial charge in [0.25, 0.3) is 5.91 Å². The molecule has 1 aliphatic rings. The van der Waals surface area contributed by atoms with E-state index in [1.807, 2.05) is 26.8 Å². The largest absolute Gasteiger partial charge is 0.477 e. The molecule has 1 atom stereocenters. The lowest BCUT2D eigenvalue weighted by Gasteiger charge is -2.25. The molecule has 7 nitrogen and oxygen atoms in total. The fourth-order valence-electron chi connectivity index (χ4n) is 3.09. The molecule has 0 fully saturated rings. The van der Waals surface area contributed by atoms with Crippen molar-refractivity contribution in [3.63, 3.8) is 0 Å². The quantitative estimate of drug-likeness (QED) is 0.856. The molecule has 3 rings (SSSR count). The van der Waals surface area contributed by atoms with E-state index in [-0.39, 0.29) is 24.2 Å². The van der Waals surface area contributed by atoms with E-state index < -0.39 is 5.97 Å². The molecule has 1 unspecified atom stereocenters. The minimum Gasteiger partial charge on any atom is -0.477 e. The molecule has 0 aromatic carbocycles. The van der Waals surface area contributed by atoms with Gasteiger partial charge in [-0.05, 0) is 38.0 Å². The molecule has 0 aliphatic carbocycles. The Morgan fingerprint density at radius 2 is 2.19 bits per heavy atom. The third kappa shape index (κ3) is 3.12. The van der Waals surface area contributed by atoms with Crippen LogP contribution in [0.25, 0.3) is 0 Å². The average molecular weight is 355 g/mol. The van der Waals surface area contributed by atoms with Crippen molar-refractivity contribution < 1.29 is 19.4 Å². The number of rotatable bonds is 6. The van der Waals surface area contributed by atoms with Crippen LogP contribution in [0.4, 0.5) is 0 Å². The van der Waals surface area contributed by atoms with Crippen molar-refractivity contribution in [1.82, 2.24) is 14.9 Å². The molecule has 0 radical (unpaired) electrons. The number of amides is 1. The van der Waals surface area contributed by atoms with Gasteiger partial charge >= 0.3 is 5.97 Å². The molecule has 1 aliphatic heterocycles. The van der Waals surface area contributed by atoms with E-state index >= 15 is 0 Å². The summed E-state index contributed by atoms with van der Waals surface area (Å²) < 4.78 is 5.59. The monoisotopic (exact) mass is 355 g/mol. The van der Waals surface area contributed by atoms with Gasteiger partial charge in [0.05, 0.1) is 12.6 Å². The average Bonchev–Trinajstić information content (AvgIpc) is 2.96. The lowest BCUT2D eigenvalue weighted by Crippen LogP contribution is -2.27. The summed E-state index contributed by atoms with van der Waals surface area (Å²) >= 11 is 0. The molecule has 3 heterocycles. The van der Waals surface area contributed by atoms with E-state index in [9.17, 15) is 14.7 Å². The van der Waals surface area contributed by atoms with Crippen LogP contribution in [0.5, 0.6) is 5.88 Å². The predicted molar refractivity (Wildman–Crippen MR) is 94.2 cm³/mol. The third-order valence-electron chi connectivity index (χ3n) is 4.52. The molecule has 0 saturated heterocycles. The van der Waals surface area contributed by atoms with Crippen molar-refractivity contribution >= 4 is 11.9 Å². The standard InChI is InChI=1S/C19H21N3O4/c1-4-7-26-17-11(2)8-13(9-21-17)12(3)22-10-15-14(18(22)23)5-6-20-16(15)19(24)25/h5-6,8-9,12H,4,7,10H2,1-3H3,(H,24,25). The van der Waals surface area contributed by atoms with Crippen molar-refractivity contribution in [2.45, 2.75) is 39.8 Å². The maximum Gasteiger partial charge on any atom is 0.354 e. The third-order valence-corrected chi connectivity index (χ3v) is 4.52. The highest BCUT2D eigenvalue weighted by Crippen LogP contribution is 2.33. The number of aromatic carboxylic acids is 1. The number of aryl methyl sites for hydroxylation is 1. The van der Waals surface area contributed by atoms with Crippen LogP contribution in [-0.2, 0) is 6.54 Å². The number of carbonyl (C=O) groups is 2. The second-order valence-corrected chi connectivity index (χ2v) is 6.34. The van der Waals surface area contributed by atoms with Gasteiger partial charge in [0.1, 0.15) is 0 Å². The van der Waals surface area contributed by atoms with Gasteiger partial charge in [0.2, 0.25) is 5.88 Å². The first-order valence-corrected chi connectivity index (χ1v) is 8.55. The summed E-state index contributed by atoms with van der Waals surface area (Å²) in [5.41, 5.74) is 2.57. The topological polar surface area (TPSA) is 92.6 Å². The summed E-state index contributed by atoms with van der Waals surface area (Å²) in [7, 11) is 0. The number of carbonyl (C=O) groups excluding carboxylic acids is 1. The molecular formula is C19H21N3O4. The van der Waals surface area contributed by atoms with Crippen LogP contribution in [0.1, 0.15) is 63.8 Å². The molecule has 26 heavy (non-hydrogen) atoms. The summed E-state index contributed by atoms with van der Waals surface area (Å²) in [4.78, 5) is 34.0. The van der Waals surface area contributed by atoms with E-state index in [0.717, 1.165) is 17.5 Å². The van der Waals surface area contributed by atoms with Gasteiger partial charge in [0.15, 0.2) is 5.69 Å². The number of hydrogen-bond donors (Lipinski definition) is 1. The maximum atomic E-state index is 12.7. The molecule has 0 bridgehead atoms. The van der Waals surface area contributed by atoms with E-state index in [1.165, 1.54) is 6.20 Å². The molecule has 2 aromatic heterocycles. The van der Waals surface area contributed by atoms with Gasteiger partial charge in [-0.3, -0.25) is 4.79 Å². The zero-order chi connectivity index (χ0) is 18.8. The van der Waals surface area contributed by atoms with Crippen LogP contribution < -0.4 is 4.74 Å². The Labute approximate surface area is 151 Å². The van der Waals surface area contributed by atoms with Crippen LogP contribution in [0.15, 0.2) is 24.5 Å². The van der Waals surface area contributed by atoms with Crippen LogP contribution in [0.3, 0.4) is 0 Å². The van der Waals surface area contributed by atoms with E-state index in [4.69, 9.17) is 4.74 Å². The summed E-state index contributed by atoms with van der Waals surface area (Å²) in [5.74, 6) is -0.725. The number of fused-ring (bicyclic) bond motifs is 1. The molecular weight excluding hydrogens is 334 g/mol. The molecule has 0 spiro atoms. The Morgan fingerprint density at radius 1 is 1.42 bits per heavy atom. The van der Waals surface area contributed by atoms with Crippen molar-refractivity contribution in [2.75, 3.05) is 6.61 Å². The summed E-state index contributed by atoms with van der Waals surface area (Å²) in [6.45, 7) is 6.68. The van der Waals surface area contributed by atoms with Crippen LogP contribution in [0.2, 0.25) is 0 Å². The first-order chi connectivity index (χ1) is 12.4. The minimum absolute atomic E-state index is 0.0665. The Balaban J connectivity index is 1.86. The number of ether oxygens (including phenoxy) is 1. The van der Waals surface area contributed by atoms with Crippen molar-refractivity contribution in [1.29, 1.82) is 0 Å². The Bertz CT molecular complexity index is 866. The van der Waals surface area contributed by atoms with Crippen LogP contribution >= 0.6 is 0 Å². The SMILES string of the molecule is CCCOc1ncc(C(C)N2Cc3c(ccnc3C(=O)O)C2=O)cc1C.